The van der Waals surface area contributed by atoms with Crippen molar-refractivity contribution in [3.63, 3.8) is 0 Å². The lowest BCUT2D eigenvalue weighted by atomic mass is 10.0. The third kappa shape index (κ3) is 3.58. The Morgan fingerprint density at radius 2 is 1.82 bits per heavy atom. The van der Waals surface area contributed by atoms with Crippen molar-refractivity contribution in [2.75, 3.05) is 27.8 Å². The van der Waals surface area contributed by atoms with Crippen LogP contribution in [-0.2, 0) is 0 Å². The van der Waals surface area contributed by atoms with Crippen molar-refractivity contribution >= 4 is 16.8 Å². The fraction of sp³-hybridized carbons (Fsp3) is 0.273. The molecular weight excluding hydrogens is 356 g/mol. The molecule has 1 N–H and O–H groups in total. The highest BCUT2D eigenvalue weighted by Crippen LogP contribution is 2.28. The molecule has 1 amide bonds. The van der Waals surface area contributed by atoms with E-state index in [1.165, 1.54) is 4.90 Å². The van der Waals surface area contributed by atoms with Gasteiger partial charge in [-0.05, 0) is 36.2 Å². The zero-order valence-electron chi connectivity index (χ0n) is 16.5. The van der Waals surface area contributed by atoms with Gasteiger partial charge in [0.15, 0.2) is 5.43 Å². The van der Waals surface area contributed by atoms with Gasteiger partial charge in [-0.2, -0.15) is 0 Å². The summed E-state index contributed by atoms with van der Waals surface area (Å²) in [6.45, 7) is 2.54. The van der Waals surface area contributed by atoms with Crippen molar-refractivity contribution in [2.24, 2.45) is 0 Å². The molecule has 28 heavy (non-hydrogen) atoms. The van der Waals surface area contributed by atoms with E-state index >= 15 is 0 Å². The summed E-state index contributed by atoms with van der Waals surface area (Å²) in [5.74, 6) is 1.04. The van der Waals surface area contributed by atoms with Crippen LogP contribution in [0.3, 0.4) is 0 Å². The maximum Gasteiger partial charge on any atom is 0.254 e. The van der Waals surface area contributed by atoms with Gasteiger partial charge in [0.2, 0.25) is 0 Å². The Labute approximate surface area is 163 Å². The number of benzene rings is 2. The fourth-order valence-corrected chi connectivity index (χ4v) is 3.04. The van der Waals surface area contributed by atoms with E-state index in [2.05, 4.69) is 4.98 Å². The smallest absolute Gasteiger partial charge is 0.254 e. The second-order valence-corrected chi connectivity index (χ2v) is 6.67. The first-order valence-corrected chi connectivity index (χ1v) is 9.15. The summed E-state index contributed by atoms with van der Waals surface area (Å²) in [6.07, 6.45) is 2.50. The van der Waals surface area contributed by atoms with E-state index < -0.39 is 0 Å². The molecule has 3 aromatic rings. The number of hydrogen-bond donors (Lipinski definition) is 1. The van der Waals surface area contributed by atoms with Gasteiger partial charge in [0, 0.05) is 25.9 Å². The second kappa shape index (κ2) is 8.17. The van der Waals surface area contributed by atoms with Crippen LogP contribution in [0.25, 0.3) is 22.0 Å². The summed E-state index contributed by atoms with van der Waals surface area (Å²) >= 11 is 0. The Morgan fingerprint density at radius 1 is 1.11 bits per heavy atom. The summed E-state index contributed by atoms with van der Waals surface area (Å²) < 4.78 is 11.0. The highest BCUT2D eigenvalue weighted by atomic mass is 16.5. The molecule has 6 nitrogen and oxygen atoms in total. The lowest BCUT2D eigenvalue weighted by Crippen LogP contribution is -2.24. The number of fused-ring (bicyclic) bond motifs is 1. The molecule has 3 rings (SSSR count). The monoisotopic (exact) mass is 380 g/mol. The number of ether oxygens (including phenoxy) is 2. The molecule has 0 radical (unpaired) electrons. The first-order chi connectivity index (χ1) is 13.5. The van der Waals surface area contributed by atoms with E-state index in [1.807, 2.05) is 19.1 Å². The number of aromatic nitrogens is 1. The number of H-pyrrole nitrogens is 1. The third-order valence-electron chi connectivity index (χ3n) is 4.50. The van der Waals surface area contributed by atoms with E-state index in [0.29, 0.717) is 40.1 Å². The minimum atomic E-state index is -0.232. The van der Waals surface area contributed by atoms with Gasteiger partial charge in [-0.25, -0.2) is 0 Å². The number of methoxy groups -OCH3 is 1. The fourth-order valence-electron chi connectivity index (χ4n) is 3.04. The molecule has 0 fully saturated rings. The molecule has 6 heteroatoms. The van der Waals surface area contributed by atoms with Gasteiger partial charge in [-0.15, -0.1) is 0 Å². The van der Waals surface area contributed by atoms with Crippen LogP contribution < -0.4 is 14.9 Å². The Morgan fingerprint density at radius 3 is 2.43 bits per heavy atom. The summed E-state index contributed by atoms with van der Waals surface area (Å²) in [5.41, 5.74) is 1.89. The van der Waals surface area contributed by atoms with E-state index in [9.17, 15) is 9.59 Å². The normalized spacial score (nSPS) is 10.7. The van der Waals surface area contributed by atoms with E-state index in [4.69, 9.17) is 9.47 Å². The van der Waals surface area contributed by atoms with Crippen molar-refractivity contribution in [2.45, 2.75) is 13.3 Å². The molecule has 146 valence electrons. The van der Waals surface area contributed by atoms with Gasteiger partial charge in [0.25, 0.3) is 5.91 Å². The number of nitrogens with zero attached hydrogens (tertiary/aromatic N) is 1. The highest BCUT2D eigenvalue weighted by Gasteiger charge is 2.20. The summed E-state index contributed by atoms with van der Waals surface area (Å²) in [4.78, 5) is 30.7. The van der Waals surface area contributed by atoms with E-state index in [-0.39, 0.29) is 11.3 Å². The average Bonchev–Trinajstić information content (AvgIpc) is 2.71. The molecule has 0 aliphatic carbocycles. The van der Waals surface area contributed by atoms with Crippen LogP contribution in [0.2, 0.25) is 0 Å². The first kappa shape index (κ1) is 19.5. The Balaban J connectivity index is 2.26. The van der Waals surface area contributed by atoms with Crippen molar-refractivity contribution in [3.05, 3.63) is 58.4 Å². The van der Waals surface area contributed by atoms with Crippen molar-refractivity contribution in [1.29, 1.82) is 0 Å². The van der Waals surface area contributed by atoms with Gasteiger partial charge in [0.05, 0.1) is 30.2 Å². The number of carbonyl (C=O) groups excluding carboxylic acids is 1. The second-order valence-electron chi connectivity index (χ2n) is 6.67. The zero-order valence-corrected chi connectivity index (χ0v) is 16.5. The highest BCUT2D eigenvalue weighted by molar-refractivity contribution is 6.08. The van der Waals surface area contributed by atoms with Crippen molar-refractivity contribution in [3.8, 4) is 22.6 Å². The summed E-state index contributed by atoms with van der Waals surface area (Å²) in [7, 11) is 4.92. The van der Waals surface area contributed by atoms with Crippen LogP contribution in [0.15, 0.2) is 47.4 Å². The van der Waals surface area contributed by atoms with Gasteiger partial charge < -0.3 is 19.4 Å². The van der Waals surface area contributed by atoms with Crippen molar-refractivity contribution in [1.82, 2.24) is 9.88 Å². The van der Waals surface area contributed by atoms with Gasteiger partial charge >= 0.3 is 0 Å². The van der Waals surface area contributed by atoms with Crippen molar-refractivity contribution < 1.29 is 14.3 Å². The first-order valence-electron chi connectivity index (χ1n) is 9.15. The molecule has 2 aromatic carbocycles. The van der Waals surface area contributed by atoms with Crippen LogP contribution in [0.1, 0.15) is 23.7 Å². The number of nitrogens with one attached hydrogen (secondary N) is 1. The van der Waals surface area contributed by atoms with Crippen LogP contribution >= 0.6 is 0 Å². The minimum Gasteiger partial charge on any atom is -0.497 e. The molecule has 0 bridgehead atoms. The van der Waals surface area contributed by atoms with Gasteiger partial charge in [-0.3, -0.25) is 9.59 Å². The van der Waals surface area contributed by atoms with E-state index in [0.717, 1.165) is 12.0 Å². The molecule has 0 atom stereocenters. The SMILES string of the molecule is CCCOc1ccc(C(=O)N(C)C)c2c(=O)c(-c3ccc(OC)cc3)c[nH]c12. The Hall–Kier alpha value is -3.28. The predicted molar refractivity (Wildman–Crippen MR) is 110 cm³/mol. The maximum absolute atomic E-state index is 13.4. The Kier molecular flexibility index (Phi) is 5.68. The van der Waals surface area contributed by atoms with Gasteiger partial charge in [0.1, 0.15) is 11.5 Å². The summed E-state index contributed by atoms with van der Waals surface area (Å²) in [6, 6.07) is 10.6. The van der Waals surface area contributed by atoms with Crippen LogP contribution in [-0.4, -0.2) is 43.6 Å². The molecule has 0 aliphatic rings. The average molecular weight is 380 g/mol. The molecular formula is C22H24N2O4. The topological polar surface area (TPSA) is 71.6 Å². The van der Waals surface area contributed by atoms with Crippen LogP contribution in [0.5, 0.6) is 11.5 Å². The molecule has 0 saturated carbocycles. The zero-order chi connectivity index (χ0) is 20.3. The summed E-state index contributed by atoms with van der Waals surface area (Å²) in [5, 5.41) is 0.334. The number of rotatable bonds is 6. The van der Waals surface area contributed by atoms with Crippen LogP contribution in [0.4, 0.5) is 0 Å². The molecule has 0 spiro atoms. The number of hydrogen-bond acceptors (Lipinski definition) is 4. The number of amides is 1. The predicted octanol–water partition coefficient (Wildman–Crippen LogP) is 3.69. The Bertz CT molecular complexity index is 1050. The van der Waals surface area contributed by atoms with E-state index in [1.54, 1.807) is 51.7 Å². The van der Waals surface area contributed by atoms with Crippen LogP contribution in [0, 0.1) is 0 Å². The minimum absolute atomic E-state index is 0.217. The third-order valence-corrected chi connectivity index (χ3v) is 4.50. The number of aromatic amines is 1. The number of pyridine rings is 1. The quantitative estimate of drug-likeness (QED) is 0.708. The largest absolute Gasteiger partial charge is 0.497 e. The van der Waals surface area contributed by atoms with Gasteiger partial charge in [-0.1, -0.05) is 19.1 Å². The maximum atomic E-state index is 13.4. The lowest BCUT2D eigenvalue weighted by molar-refractivity contribution is 0.0829. The molecule has 0 aliphatic heterocycles. The molecule has 1 aromatic heterocycles. The molecule has 1 heterocycles. The number of carbonyl (C=O) groups is 1. The molecule has 0 unspecified atom stereocenters. The lowest BCUT2D eigenvalue weighted by Gasteiger charge is -2.15. The molecule has 0 saturated heterocycles. The standard InChI is InChI=1S/C22H24N2O4/c1-5-12-28-18-11-10-16(22(26)24(2)3)19-20(18)23-13-17(21(19)25)14-6-8-15(27-4)9-7-14/h6-11,13H,5,12H2,1-4H3,(H,23,25).